The fourth-order valence-corrected chi connectivity index (χ4v) is 6.04. The summed E-state index contributed by atoms with van der Waals surface area (Å²) < 4.78 is 44.9. The lowest BCUT2D eigenvalue weighted by Crippen LogP contribution is -2.37. The van der Waals surface area contributed by atoms with E-state index in [2.05, 4.69) is 20.8 Å². The predicted molar refractivity (Wildman–Crippen MR) is 126 cm³/mol. The summed E-state index contributed by atoms with van der Waals surface area (Å²) in [5.74, 6) is -1.11. The Bertz CT molecular complexity index is 1280. The molecule has 12 heteroatoms. The number of amides is 1. The molecule has 2 N–H and O–H groups in total. The van der Waals surface area contributed by atoms with Crippen LogP contribution in [0.4, 0.5) is 4.39 Å². The predicted octanol–water partition coefficient (Wildman–Crippen LogP) is 2.67. The van der Waals surface area contributed by atoms with Crippen molar-refractivity contribution in [2.75, 3.05) is 26.0 Å². The molecule has 1 saturated carbocycles. The summed E-state index contributed by atoms with van der Waals surface area (Å²) >= 11 is 1.19. The average molecular weight is 509 g/mol. The Morgan fingerprint density at radius 3 is 2.79 bits per heavy atom. The van der Waals surface area contributed by atoms with E-state index in [1.165, 1.54) is 30.7 Å². The van der Waals surface area contributed by atoms with Gasteiger partial charge in [0.05, 0.1) is 22.6 Å². The van der Waals surface area contributed by atoms with Crippen LogP contribution in [0, 0.1) is 12.9 Å². The minimum Gasteiger partial charge on any atom is -0.384 e. The molecule has 1 atom stereocenters. The fourth-order valence-electron chi connectivity index (χ4n) is 3.31. The molecule has 0 saturated heterocycles. The molecule has 182 valence electrons. The molecule has 9 nitrogen and oxygen atoms in total. The molecule has 1 aliphatic rings. The van der Waals surface area contributed by atoms with Crippen LogP contribution in [0.25, 0.3) is 21.3 Å². The van der Waals surface area contributed by atoms with Crippen molar-refractivity contribution in [1.82, 2.24) is 20.8 Å². The SMILES string of the molecule is COCCS(=O)(=O)C(ONCC(=O)NC1CC1)c1nc2cc(-c3ccc(F)nc3)c(C)cc2s1. The Hall–Kier alpha value is -2.51. The van der Waals surface area contributed by atoms with Gasteiger partial charge >= 0.3 is 0 Å². The number of rotatable bonds is 11. The van der Waals surface area contributed by atoms with E-state index in [1.54, 1.807) is 6.07 Å². The molecule has 2 aromatic heterocycles. The van der Waals surface area contributed by atoms with Crippen molar-refractivity contribution in [2.24, 2.45) is 0 Å². The van der Waals surface area contributed by atoms with Gasteiger partial charge in [-0.1, -0.05) is 0 Å². The zero-order valence-electron chi connectivity index (χ0n) is 18.7. The van der Waals surface area contributed by atoms with Crippen molar-refractivity contribution < 1.29 is 27.2 Å². The van der Waals surface area contributed by atoms with Crippen LogP contribution in [0.3, 0.4) is 0 Å². The molecule has 2 heterocycles. The molecule has 4 rings (SSSR count). The number of hydrogen-bond donors (Lipinski definition) is 2. The van der Waals surface area contributed by atoms with Gasteiger partial charge in [-0.2, -0.15) is 9.87 Å². The lowest BCUT2D eigenvalue weighted by Gasteiger charge is -2.16. The van der Waals surface area contributed by atoms with E-state index in [0.29, 0.717) is 5.52 Å². The molecule has 0 radical (unpaired) electrons. The third kappa shape index (κ3) is 5.94. The van der Waals surface area contributed by atoms with Crippen LogP contribution in [0.1, 0.15) is 28.8 Å². The van der Waals surface area contributed by atoms with E-state index in [1.807, 2.05) is 19.1 Å². The van der Waals surface area contributed by atoms with Crippen LogP contribution in [-0.2, 0) is 24.2 Å². The number of halogens is 1. The third-order valence-corrected chi connectivity index (χ3v) is 8.17. The van der Waals surface area contributed by atoms with E-state index in [9.17, 15) is 17.6 Å². The molecule has 0 aliphatic heterocycles. The van der Waals surface area contributed by atoms with Gasteiger partial charge in [0.15, 0.2) is 9.84 Å². The number of nitrogens with one attached hydrogen (secondary N) is 2. The highest BCUT2D eigenvalue weighted by atomic mass is 32.2. The smallest absolute Gasteiger partial charge is 0.236 e. The molecule has 1 amide bonds. The number of nitrogens with zero attached hydrogens (tertiary/aromatic N) is 2. The number of carbonyl (C=O) groups excluding carboxylic acids is 1. The first-order chi connectivity index (χ1) is 16.3. The van der Waals surface area contributed by atoms with Crippen molar-refractivity contribution in [2.45, 2.75) is 31.2 Å². The Labute approximate surface area is 200 Å². The van der Waals surface area contributed by atoms with Gasteiger partial charge in [0.2, 0.25) is 17.3 Å². The Kier molecular flexibility index (Phi) is 7.53. The van der Waals surface area contributed by atoms with Crippen LogP contribution in [-0.4, -0.2) is 56.3 Å². The van der Waals surface area contributed by atoms with E-state index < -0.39 is 21.2 Å². The van der Waals surface area contributed by atoms with Gasteiger partial charge in [-0.05, 0) is 55.2 Å². The second kappa shape index (κ2) is 10.4. The van der Waals surface area contributed by atoms with Gasteiger partial charge < -0.3 is 10.1 Å². The maximum atomic E-state index is 13.2. The molecule has 34 heavy (non-hydrogen) atoms. The van der Waals surface area contributed by atoms with Crippen LogP contribution >= 0.6 is 11.3 Å². The summed E-state index contributed by atoms with van der Waals surface area (Å²) in [5, 5.41) is 3.03. The van der Waals surface area contributed by atoms with Gasteiger partial charge in [0.25, 0.3) is 0 Å². The number of sulfone groups is 1. The minimum absolute atomic E-state index is 0.00389. The quantitative estimate of drug-likeness (QED) is 0.300. The van der Waals surface area contributed by atoms with E-state index in [-0.39, 0.29) is 35.9 Å². The Morgan fingerprint density at radius 2 is 2.12 bits per heavy atom. The standard InChI is InChI=1S/C22H25FN4O5S2/c1-13-9-18-17(10-16(13)14-3-6-19(23)24-11-14)27-21(33-18)22(34(29,30)8-7-31-2)32-25-12-20(28)26-15-4-5-15/h3,6,9-11,15,22,25H,4-5,7-8,12H2,1-2H3,(H,26,28). The summed E-state index contributed by atoms with van der Waals surface area (Å²) in [6.45, 7) is 1.72. The zero-order chi connectivity index (χ0) is 24.3. The fraction of sp³-hybridized carbons (Fsp3) is 0.409. The molecule has 1 aliphatic carbocycles. The number of benzene rings is 1. The highest BCUT2D eigenvalue weighted by molar-refractivity contribution is 7.91. The topological polar surface area (TPSA) is 120 Å². The van der Waals surface area contributed by atoms with Crippen molar-refractivity contribution in [3.05, 3.63) is 47.0 Å². The lowest BCUT2D eigenvalue weighted by atomic mass is 10.0. The summed E-state index contributed by atoms with van der Waals surface area (Å²) in [7, 11) is -2.40. The number of aromatic nitrogens is 2. The molecule has 0 spiro atoms. The second-order valence-corrected chi connectivity index (χ2v) is 11.3. The average Bonchev–Trinajstić information content (AvgIpc) is 3.52. The number of hydrogen-bond acceptors (Lipinski definition) is 9. The maximum absolute atomic E-state index is 13.2. The van der Waals surface area contributed by atoms with Crippen molar-refractivity contribution >= 4 is 37.3 Å². The third-order valence-electron chi connectivity index (χ3n) is 5.25. The van der Waals surface area contributed by atoms with Crippen molar-refractivity contribution in [1.29, 1.82) is 0 Å². The first kappa shape index (κ1) is 24.6. The number of carbonyl (C=O) groups is 1. The lowest BCUT2D eigenvalue weighted by molar-refractivity contribution is -0.123. The summed E-state index contributed by atoms with van der Waals surface area (Å²) in [6, 6.07) is 6.80. The van der Waals surface area contributed by atoms with Gasteiger partial charge in [0, 0.05) is 24.9 Å². The van der Waals surface area contributed by atoms with Crippen molar-refractivity contribution in [3.63, 3.8) is 0 Å². The maximum Gasteiger partial charge on any atom is 0.236 e. The number of hydroxylamine groups is 1. The second-order valence-electron chi connectivity index (χ2n) is 8.03. The normalized spacial score (nSPS) is 14.9. The number of thiazole rings is 1. The number of pyridine rings is 1. The van der Waals surface area contributed by atoms with Gasteiger partial charge in [0.1, 0.15) is 11.6 Å². The number of aryl methyl sites for hydroxylation is 1. The Balaban J connectivity index is 1.61. The number of fused-ring (bicyclic) bond motifs is 1. The largest absolute Gasteiger partial charge is 0.384 e. The van der Waals surface area contributed by atoms with Crippen LogP contribution in [0.5, 0.6) is 0 Å². The number of methoxy groups -OCH3 is 1. The van der Waals surface area contributed by atoms with Gasteiger partial charge in [-0.15, -0.1) is 11.3 Å². The summed E-state index contributed by atoms with van der Waals surface area (Å²) in [4.78, 5) is 25.7. The molecular formula is C22H25FN4O5S2. The molecule has 1 aromatic carbocycles. The highest BCUT2D eigenvalue weighted by Crippen LogP contribution is 2.35. The van der Waals surface area contributed by atoms with Crippen molar-refractivity contribution in [3.8, 4) is 11.1 Å². The molecule has 1 fully saturated rings. The molecular weight excluding hydrogens is 483 g/mol. The first-order valence-corrected chi connectivity index (χ1v) is 13.2. The minimum atomic E-state index is -3.82. The van der Waals surface area contributed by atoms with Gasteiger partial charge in [-0.3, -0.25) is 9.63 Å². The molecule has 3 aromatic rings. The van der Waals surface area contributed by atoms with E-state index in [0.717, 1.165) is 34.2 Å². The zero-order valence-corrected chi connectivity index (χ0v) is 20.3. The highest BCUT2D eigenvalue weighted by Gasteiger charge is 2.32. The van der Waals surface area contributed by atoms with Gasteiger partial charge in [-0.25, -0.2) is 18.4 Å². The van der Waals surface area contributed by atoms with Crippen LogP contribution < -0.4 is 10.8 Å². The van der Waals surface area contributed by atoms with Crippen LogP contribution in [0.2, 0.25) is 0 Å². The monoisotopic (exact) mass is 508 g/mol. The van der Waals surface area contributed by atoms with Crippen LogP contribution in [0.15, 0.2) is 30.5 Å². The van der Waals surface area contributed by atoms with E-state index in [4.69, 9.17) is 9.57 Å². The molecule has 1 unspecified atom stereocenters. The molecule has 0 bridgehead atoms. The Morgan fingerprint density at radius 1 is 1.32 bits per heavy atom. The van der Waals surface area contributed by atoms with E-state index >= 15 is 0 Å². The summed E-state index contributed by atoms with van der Waals surface area (Å²) in [6.07, 6.45) is 3.33. The first-order valence-electron chi connectivity index (χ1n) is 10.7. The summed E-state index contributed by atoms with van der Waals surface area (Å²) in [5.41, 5.74) is 4.09. The number of ether oxygens (including phenoxy) is 1.